The summed E-state index contributed by atoms with van der Waals surface area (Å²) in [6, 6.07) is 0.463. The average Bonchev–Trinajstić information content (AvgIpc) is 2.70. The van der Waals surface area contributed by atoms with Crippen LogP contribution < -0.4 is 10.6 Å². The van der Waals surface area contributed by atoms with Crippen molar-refractivity contribution in [2.75, 3.05) is 18.0 Å². The molecule has 3 N–H and O–H groups in total. The second-order valence-electron chi connectivity index (χ2n) is 3.32. The number of anilines is 1. The molecular weight excluding hydrogens is 186 g/mol. The van der Waals surface area contributed by atoms with Crippen molar-refractivity contribution in [3.63, 3.8) is 0 Å². The molecule has 6 nitrogen and oxygen atoms in total. The van der Waals surface area contributed by atoms with Crippen molar-refractivity contribution in [3.8, 4) is 0 Å². The molecule has 0 aromatic carbocycles. The molecular formula is C8H11N3O3. The number of carbonyl (C=O) groups is 1. The highest BCUT2D eigenvalue weighted by Crippen LogP contribution is 2.18. The van der Waals surface area contributed by atoms with Crippen LogP contribution in [-0.4, -0.2) is 35.2 Å². The first kappa shape index (κ1) is 9.01. The van der Waals surface area contributed by atoms with Gasteiger partial charge >= 0.3 is 5.97 Å². The Labute approximate surface area is 80.3 Å². The third kappa shape index (κ3) is 1.56. The van der Waals surface area contributed by atoms with Crippen LogP contribution >= 0.6 is 0 Å². The van der Waals surface area contributed by atoms with E-state index in [0.717, 1.165) is 19.2 Å². The van der Waals surface area contributed by atoms with E-state index in [0.29, 0.717) is 12.6 Å². The van der Waals surface area contributed by atoms with Gasteiger partial charge in [-0.1, -0.05) is 0 Å². The zero-order valence-corrected chi connectivity index (χ0v) is 7.51. The summed E-state index contributed by atoms with van der Waals surface area (Å²) in [6.07, 6.45) is 2.02. The van der Waals surface area contributed by atoms with Gasteiger partial charge in [0.05, 0.1) is 0 Å². The molecule has 1 fully saturated rings. The number of hydrogen-bond acceptors (Lipinski definition) is 5. The number of rotatable bonds is 2. The molecule has 2 heterocycles. The normalized spacial score (nSPS) is 21.5. The van der Waals surface area contributed by atoms with Crippen molar-refractivity contribution in [2.45, 2.75) is 12.5 Å². The summed E-state index contributed by atoms with van der Waals surface area (Å²) < 4.78 is 5.04. The molecule has 1 unspecified atom stereocenters. The van der Waals surface area contributed by atoms with E-state index in [1.165, 1.54) is 0 Å². The lowest BCUT2D eigenvalue weighted by atomic mass is 10.3. The van der Waals surface area contributed by atoms with Crippen LogP contribution in [0, 0.1) is 0 Å². The summed E-state index contributed by atoms with van der Waals surface area (Å²) in [5.74, 6) is -1.08. The van der Waals surface area contributed by atoms with Crippen molar-refractivity contribution in [1.82, 2.24) is 4.98 Å². The minimum absolute atomic E-state index is 0.0690. The molecule has 1 atom stereocenters. The summed E-state index contributed by atoms with van der Waals surface area (Å²) in [7, 11) is 0. The molecule has 0 saturated carbocycles. The topological polar surface area (TPSA) is 92.6 Å². The molecule has 1 aromatic heterocycles. The van der Waals surface area contributed by atoms with Crippen LogP contribution in [0.3, 0.4) is 0 Å². The highest BCUT2D eigenvalue weighted by molar-refractivity contribution is 5.85. The molecule has 1 aromatic rings. The zero-order valence-electron chi connectivity index (χ0n) is 7.51. The quantitative estimate of drug-likeness (QED) is 0.688. The maximum absolute atomic E-state index is 10.5. The Kier molecular flexibility index (Phi) is 2.12. The highest BCUT2D eigenvalue weighted by Gasteiger charge is 2.23. The van der Waals surface area contributed by atoms with E-state index < -0.39 is 5.97 Å². The lowest BCUT2D eigenvalue weighted by Crippen LogP contribution is -2.26. The molecule has 0 radical (unpaired) electrons. The monoisotopic (exact) mass is 197 g/mol. The Hall–Kier alpha value is -1.56. The molecule has 2 rings (SSSR count). The van der Waals surface area contributed by atoms with Gasteiger partial charge in [-0.25, -0.2) is 4.79 Å². The van der Waals surface area contributed by atoms with E-state index in [-0.39, 0.29) is 11.7 Å². The molecule has 0 spiro atoms. The molecule has 1 aliphatic heterocycles. The van der Waals surface area contributed by atoms with Crippen LogP contribution in [0.2, 0.25) is 0 Å². The zero-order chi connectivity index (χ0) is 10.1. The third-order valence-electron chi connectivity index (χ3n) is 2.21. The molecule has 6 heteroatoms. The number of nitrogens with two attached hydrogens (primary N) is 1. The fraction of sp³-hybridized carbons (Fsp3) is 0.500. The van der Waals surface area contributed by atoms with Crippen LogP contribution in [0.1, 0.15) is 16.9 Å². The van der Waals surface area contributed by atoms with Gasteiger partial charge < -0.3 is 20.2 Å². The predicted molar refractivity (Wildman–Crippen MR) is 48.3 cm³/mol. The molecule has 14 heavy (non-hydrogen) atoms. The minimum atomic E-state index is -1.08. The molecule has 0 aliphatic carbocycles. The number of nitrogens with zero attached hydrogens (tertiary/aromatic N) is 2. The highest BCUT2D eigenvalue weighted by atomic mass is 16.4. The number of oxazole rings is 1. The Morgan fingerprint density at radius 2 is 2.57 bits per heavy atom. The fourth-order valence-electron chi connectivity index (χ4n) is 1.47. The Morgan fingerprint density at radius 3 is 3.07 bits per heavy atom. The second-order valence-corrected chi connectivity index (χ2v) is 3.32. The lowest BCUT2D eigenvalue weighted by Gasteiger charge is -2.11. The van der Waals surface area contributed by atoms with Crippen LogP contribution in [0.5, 0.6) is 0 Å². The smallest absolute Gasteiger partial charge is 0.357 e. The Morgan fingerprint density at radius 1 is 1.79 bits per heavy atom. The summed E-state index contributed by atoms with van der Waals surface area (Å²) in [5, 5.41) is 8.63. The van der Waals surface area contributed by atoms with Gasteiger partial charge in [-0.15, -0.1) is 0 Å². The van der Waals surface area contributed by atoms with Gasteiger partial charge in [-0.3, -0.25) is 0 Å². The van der Waals surface area contributed by atoms with Crippen LogP contribution in [-0.2, 0) is 0 Å². The molecule has 1 aliphatic rings. The number of aromatic nitrogens is 1. The largest absolute Gasteiger partial charge is 0.476 e. The van der Waals surface area contributed by atoms with E-state index >= 15 is 0 Å². The first-order valence-electron chi connectivity index (χ1n) is 4.36. The third-order valence-corrected chi connectivity index (χ3v) is 2.21. The summed E-state index contributed by atoms with van der Waals surface area (Å²) in [4.78, 5) is 16.2. The summed E-state index contributed by atoms with van der Waals surface area (Å²) >= 11 is 0. The average molecular weight is 197 g/mol. The first-order valence-corrected chi connectivity index (χ1v) is 4.36. The van der Waals surface area contributed by atoms with Crippen LogP contribution in [0.15, 0.2) is 10.7 Å². The van der Waals surface area contributed by atoms with E-state index in [1.54, 1.807) is 0 Å². The van der Waals surface area contributed by atoms with Gasteiger partial charge in [0.1, 0.15) is 6.26 Å². The number of carboxylic acid groups (broad SMARTS) is 1. The van der Waals surface area contributed by atoms with Crippen molar-refractivity contribution < 1.29 is 14.3 Å². The Balaban J connectivity index is 2.13. The number of hydrogen-bond donors (Lipinski definition) is 2. The Bertz CT molecular complexity index is 349. The standard InChI is InChI=1S/C8H11N3O3/c9-5-1-2-11(3-5)8-10-6(4-14-8)7(12)13/h4-5H,1-3,9H2,(H,12,13). The van der Waals surface area contributed by atoms with Gasteiger partial charge in [0.15, 0.2) is 5.69 Å². The molecule has 1 saturated heterocycles. The minimum Gasteiger partial charge on any atom is -0.476 e. The maximum atomic E-state index is 10.5. The fourth-order valence-corrected chi connectivity index (χ4v) is 1.47. The van der Waals surface area contributed by atoms with Crippen molar-refractivity contribution in [3.05, 3.63) is 12.0 Å². The number of carboxylic acids is 1. The van der Waals surface area contributed by atoms with Crippen molar-refractivity contribution >= 4 is 12.0 Å². The van der Waals surface area contributed by atoms with Gasteiger partial charge in [0, 0.05) is 19.1 Å². The van der Waals surface area contributed by atoms with Crippen LogP contribution in [0.4, 0.5) is 6.01 Å². The SMILES string of the molecule is NC1CCN(c2nc(C(=O)O)co2)C1. The van der Waals surface area contributed by atoms with Crippen LogP contribution in [0.25, 0.3) is 0 Å². The maximum Gasteiger partial charge on any atom is 0.357 e. The summed E-state index contributed by atoms with van der Waals surface area (Å²) in [6.45, 7) is 1.43. The van der Waals surface area contributed by atoms with Gasteiger partial charge in [0.25, 0.3) is 6.01 Å². The number of aromatic carboxylic acids is 1. The van der Waals surface area contributed by atoms with E-state index in [1.807, 2.05) is 4.90 Å². The molecule has 0 amide bonds. The van der Waals surface area contributed by atoms with E-state index in [2.05, 4.69) is 4.98 Å². The lowest BCUT2D eigenvalue weighted by molar-refractivity contribution is 0.0690. The second kappa shape index (κ2) is 3.30. The van der Waals surface area contributed by atoms with Gasteiger partial charge in [0.2, 0.25) is 0 Å². The summed E-state index contributed by atoms with van der Waals surface area (Å²) in [5.41, 5.74) is 5.63. The van der Waals surface area contributed by atoms with E-state index in [9.17, 15) is 4.79 Å². The predicted octanol–water partition coefficient (Wildman–Crippen LogP) is -0.0898. The van der Waals surface area contributed by atoms with E-state index in [4.69, 9.17) is 15.3 Å². The van der Waals surface area contributed by atoms with Crippen molar-refractivity contribution in [2.24, 2.45) is 5.73 Å². The molecule has 76 valence electrons. The van der Waals surface area contributed by atoms with Gasteiger partial charge in [-0.05, 0) is 6.42 Å². The first-order chi connectivity index (χ1) is 6.66. The van der Waals surface area contributed by atoms with Gasteiger partial charge in [-0.2, -0.15) is 4.98 Å². The van der Waals surface area contributed by atoms with Crippen molar-refractivity contribution in [1.29, 1.82) is 0 Å². The molecule has 0 bridgehead atoms.